The average molecular weight is 288 g/mol. The van der Waals surface area contributed by atoms with Crippen molar-refractivity contribution in [3.8, 4) is 0 Å². The molecule has 0 aromatic carbocycles. The molecule has 0 radical (unpaired) electrons. The van der Waals surface area contributed by atoms with Gasteiger partial charge in [-0.3, -0.25) is 0 Å². The molecule has 1 aromatic heterocycles. The third-order valence-electron chi connectivity index (χ3n) is 3.61. The van der Waals surface area contributed by atoms with Crippen LogP contribution in [0.4, 0.5) is 0 Å². The highest BCUT2D eigenvalue weighted by Crippen LogP contribution is 2.34. The van der Waals surface area contributed by atoms with Crippen molar-refractivity contribution in [3.63, 3.8) is 0 Å². The molecule has 1 aliphatic rings. The van der Waals surface area contributed by atoms with Gasteiger partial charge in [0.2, 0.25) is 15.9 Å². The molecule has 2 rings (SSSR count). The quantitative estimate of drug-likeness (QED) is 0.850. The van der Waals surface area contributed by atoms with E-state index in [1.807, 2.05) is 0 Å². The third-order valence-corrected chi connectivity index (χ3v) is 5.42. The van der Waals surface area contributed by atoms with Crippen LogP contribution in [-0.4, -0.2) is 35.7 Å². The second-order valence-electron chi connectivity index (χ2n) is 5.03. The third kappa shape index (κ3) is 2.96. The Morgan fingerprint density at radius 2 is 2.05 bits per heavy atom. The summed E-state index contributed by atoms with van der Waals surface area (Å²) in [5.41, 5.74) is 5.71. The van der Waals surface area contributed by atoms with Crippen LogP contribution < -0.4 is 5.73 Å². The fourth-order valence-corrected chi connectivity index (χ4v) is 3.01. The summed E-state index contributed by atoms with van der Waals surface area (Å²) in [5, 5.41) is 3.90. The van der Waals surface area contributed by atoms with Gasteiger partial charge in [-0.1, -0.05) is 18.0 Å². The Hall–Kier alpha value is -0.990. The minimum Gasteiger partial charge on any atom is -0.338 e. The monoisotopic (exact) mass is 288 g/mol. The minimum atomic E-state index is -3.25. The van der Waals surface area contributed by atoms with Gasteiger partial charge in [0.25, 0.3) is 0 Å². The average Bonchev–Trinajstić information content (AvgIpc) is 2.99. The molecule has 0 atom stereocenters. The van der Waals surface area contributed by atoms with Gasteiger partial charge in [-0.05, 0) is 19.8 Å². The van der Waals surface area contributed by atoms with Gasteiger partial charge in [-0.25, -0.2) is 8.42 Å². The van der Waals surface area contributed by atoms with Crippen LogP contribution in [0.5, 0.6) is 0 Å². The van der Waals surface area contributed by atoms with Crippen LogP contribution in [0.15, 0.2) is 4.52 Å². The van der Waals surface area contributed by atoms with Gasteiger partial charge in [0, 0.05) is 7.05 Å². The molecular weight excluding hydrogens is 268 g/mol. The maximum Gasteiger partial charge on any atom is 0.242 e. The Bertz CT molecular complexity index is 534. The van der Waals surface area contributed by atoms with Crippen LogP contribution in [0.1, 0.15) is 44.3 Å². The molecule has 1 aliphatic carbocycles. The summed E-state index contributed by atoms with van der Waals surface area (Å²) in [6.07, 6.45) is 3.80. The first kappa shape index (κ1) is 14.4. The molecular formula is C11H20N4O3S. The fourth-order valence-electron chi connectivity index (χ4n) is 2.26. The Morgan fingerprint density at radius 1 is 1.42 bits per heavy atom. The van der Waals surface area contributed by atoms with E-state index in [1.165, 1.54) is 11.4 Å². The van der Waals surface area contributed by atoms with Gasteiger partial charge in [-0.2, -0.15) is 9.29 Å². The zero-order valence-corrected chi connectivity index (χ0v) is 12.1. The predicted octanol–water partition coefficient (Wildman–Crippen LogP) is 0.579. The summed E-state index contributed by atoms with van der Waals surface area (Å²) in [6.45, 7) is 1.68. The molecule has 0 amide bonds. The molecule has 0 spiro atoms. The van der Waals surface area contributed by atoms with Crippen molar-refractivity contribution in [2.75, 3.05) is 12.8 Å². The van der Waals surface area contributed by atoms with Crippen molar-refractivity contribution in [2.24, 2.45) is 5.73 Å². The van der Waals surface area contributed by atoms with Gasteiger partial charge < -0.3 is 10.3 Å². The number of hydrogen-bond donors (Lipinski definition) is 1. The summed E-state index contributed by atoms with van der Waals surface area (Å²) < 4.78 is 29.6. The molecule has 1 fully saturated rings. The van der Waals surface area contributed by atoms with Gasteiger partial charge in [0.1, 0.15) is 0 Å². The van der Waals surface area contributed by atoms with E-state index in [1.54, 1.807) is 6.92 Å². The highest BCUT2D eigenvalue weighted by Gasteiger charge is 2.36. The normalized spacial score (nSPS) is 19.2. The van der Waals surface area contributed by atoms with Crippen LogP contribution in [0.2, 0.25) is 0 Å². The molecule has 7 nitrogen and oxygen atoms in total. The maximum absolute atomic E-state index is 11.6. The Kier molecular flexibility index (Phi) is 3.93. The van der Waals surface area contributed by atoms with Gasteiger partial charge in [0.05, 0.1) is 17.8 Å². The summed E-state index contributed by atoms with van der Waals surface area (Å²) in [6, 6.07) is 0. The van der Waals surface area contributed by atoms with E-state index in [4.69, 9.17) is 10.3 Å². The van der Waals surface area contributed by atoms with E-state index in [0.29, 0.717) is 5.82 Å². The number of nitrogens with two attached hydrogens (primary N) is 1. The van der Waals surface area contributed by atoms with Gasteiger partial charge in [0.15, 0.2) is 5.82 Å². The van der Waals surface area contributed by atoms with Gasteiger partial charge >= 0.3 is 0 Å². The zero-order chi connectivity index (χ0) is 14.1. The lowest BCUT2D eigenvalue weighted by Gasteiger charge is -2.17. The summed E-state index contributed by atoms with van der Waals surface area (Å²) >= 11 is 0. The Morgan fingerprint density at radius 3 is 2.63 bits per heavy atom. The molecule has 108 valence electrons. The second-order valence-corrected chi connectivity index (χ2v) is 7.40. The first-order chi connectivity index (χ1) is 8.87. The molecule has 2 N–H and O–H groups in total. The first-order valence-corrected chi connectivity index (χ1v) is 8.04. The number of aromatic nitrogens is 2. The SMILES string of the molecule is CCS(=O)(=O)N(C)Cc1nc(C2(N)CCCC2)no1. The van der Waals surface area contributed by atoms with Crippen molar-refractivity contribution in [2.45, 2.75) is 44.7 Å². The number of rotatable bonds is 5. The molecule has 1 aromatic rings. The van der Waals surface area contributed by atoms with E-state index in [-0.39, 0.29) is 18.2 Å². The topological polar surface area (TPSA) is 102 Å². The van der Waals surface area contributed by atoms with E-state index in [2.05, 4.69) is 10.1 Å². The van der Waals surface area contributed by atoms with Crippen molar-refractivity contribution >= 4 is 10.0 Å². The van der Waals surface area contributed by atoms with Crippen LogP contribution >= 0.6 is 0 Å². The Balaban J connectivity index is 2.10. The first-order valence-electron chi connectivity index (χ1n) is 6.43. The smallest absolute Gasteiger partial charge is 0.242 e. The van der Waals surface area contributed by atoms with Crippen LogP contribution in [0, 0.1) is 0 Å². The lowest BCUT2D eigenvalue weighted by molar-refractivity contribution is 0.323. The van der Waals surface area contributed by atoms with Crippen molar-refractivity contribution < 1.29 is 12.9 Å². The largest absolute Gasteiger partial charge is 0.338 e. The summed E-state index contributed by atoms with van der Waals surface area (Å²) in [4.78, 5) is 4.24. The van der Waals surface area contributed by atoms with Gasteiger partial charge in [-0.15, -0.1) is 0 Å². The molecule has 8 heteroatoms. The maximum atomic E-state index is 11.6. The van der Waals surface area contributed by atoms with Crippen LogP contribution in [-0.2, 0) is 22.1 Å². The summed E-state index contributed by atoms with van der Waals surface area (Å²) in [5.74, 6) is 0.819. The molecule has 0 unspecified atom stereocenters. The highest BCUT2D eigenvalue weighted by molar-refractivity contribution is 7.89. The lowest BCUT2D eigenvalue weighted by Crippen LogP contribution is -2.34. The number of sulfonamides is 1. The molecule has 0 aliphatic heterocycles. The van der Waals surface area contributed by atoms with E-state index >= 15 is 0 Å². The number of nitrogens with zero attached hydrogens (tertiary/aromatic N) is 3. The second kappa shape index (κ2) is 5.18. The zero-order valence-electron chi connectivity index (χ0n) is 11.3. The van der Waals surface area contributed by atoms with Crippen molar-refractivity contribution in [3.05, 3.63) is 11.7 Å². The molecule has 0 saturated heterocycles. The summed E-state index contributed by atoms with van der Waals surface area (Å²) in [7, 11) is -1.75. The van der Waals surface area contributed by atoms with E-state index in [0.717, 1.165) is 25.7 Å². The molecule has 19 heavy (non-hydrogen) atoms. The predicted molar refractivity (Wildman–Crippen MR) is 69.6 cm³/mol. The molecule has 0 bridgehead atoms. The van der Waals surface area contributed by atoms with Crippen LogP contribution in [0.3, 0.4) is 0 Å². The highest BCUT2D eigenvalue weighted by atomic mass is 32.2. The van der Waals surface area contributed by atoms with Crippen molar-refractivity contribution in [1.29, 1.82) is 0 Å². The number of hydrogen-bond acceptors (Lipinski definition) is 6. The molecule has 1 heterocycles. The lowest BCUT2D eigenvalue weighted by atomic mass is 9.99. The van der Waals surface area contributed by atoms with Crippen LogP contribution in [0.25, 0.3) is 0 Å². The standard InChI is InChI=1S/C11H20N4O3S/c1-3-19(16,17)15(2)8-9-13-10(14-18-9)11(12)6-4-5-7-11/h3-8,12H2,1-2H3. The fraction of sp³-hybridized carbons (Fsp3) is 0.818. The van der Waals surface area contributed by atoms with E-state index in [9.17, 15) is 8.42 Å². The molecule has 1 saturated carbocycles. The minimum absolute atomic E-state index is 0.0469. The van der Waals surface area contributed by atoms with Crippen molar-refractivity contribution in [1.82, 2.24) is 14.4 Å². The Labute approximate surface area is 113 Å². The van der Waals surface area contributed by atoms with E-state index < -0.39 is 15.6 Å².